The van der Waals surface area contributed by atoms with Crippen LogP contribution in [0.5, 0.6) is 5.75 Å². The molecule has 26 heavy (non-hydrogen) atoms. The molecule has 0 spiro atoms. The minimum Gasteiger partial charge on any atom is -0.414 e. The second-order valence-corrected chi connectivity index (χ2v) is 8.04. The smallest absolute Gasteiger partial charge is 0.414 e. The van der Waals surface area contributed by atoms with Gasteiger partial charge in [-0.1, -0.05) is 54.1 Å². The summed E-state index contributed by atoms with van der Waals surface area (Å²) in [4.78, 5) is 0. The first-order chi connectivity index (χ1) is 12.5. The van der Waals surface area contributed by atoms with Crippen LogP contribution in [0, 0.1) is 20.8 Å². The number of para-hydroxylation sites is 2. The summed E-state index contributed by atoms with van der Waals surface area (Å²) in [5.41, 5.74) is 4.64. The van der Waals surface area contributed by atoms with E-state index in [4.69, 9.17) is 4.52 Å². The van der Waals surface area contributed by atoms with Gasteiger partial charge in [0.1, 0.15) is 5.75 Å². The molecule has 0 amide bonds. The predicted molar refractivity (Wildman–Crippen MR) is 109 cm³/mol. The van der Waals surface area contributed by atoms with E-state index in [1.54, 1.807) is 0 Å². The van der Waals surface area contributed by atoms with Crippen molar-refractivity contribution in [2.24, 2.45) is 0 Å². The van der Waals surface area contributed by atoms with E-state index >= 15 is 0 Å². The molecule has 0 heterocycles. The Morgan fingerprint density at radius 1 is 0.692 bits per heavy atom. The van der Waals surface area contributed by atoms with Crippen LogP contribution in [0.25, 0.3) is 0 Å². The molecule has 3 aromatic rings. The van der Waals surface area contributed by atoms with Crippen LogP contribution in [0.4, 0.5) is 11.4 Å². The summed E-state index contributed by atoms with van der Waals surface area (Å²) in [6.45, 7) is 5.93. The molecule has 0 atom stereocenters. The average Bonchev–Trinajstić information content (AvgIpc) is 2.61. The van der Waals surface area contributed by atoms with Crippen LogP contribution in [-0.2, 0) is 4.57 Å². The lowest BCUT2D eigenvalue weighted by Crippen LogP contribution is -2.13. The Kier molecular flexibility index (Phi) is 5.34. The molecule has 0 unspecified atom stereocenters. The summed E-state index contributed by atoms with van der Waals surface area (Å²) in [5, 5.41) is 6.17. The summed E-state index contributed by atoms with van der Waals surface area (Å²) in [6.07, 6.45) is 0. The molecule has 4 nitrogen and oxygen atoms in total. The van der Waals surface area contributed by atoms with Gasteiger partial charge in [-0.15, -0.1) is 0 Å². The van der Waals surface area contributed by atoms with Gasteiger partial charge in [-0.2, -0.15) is 0 Å². The summed E-state index contributed by atoms with van der Waals surface area (Å²) in [6, 6.07) is 22.9. The lowest BCUT2D eigenvalue weighted by Gasteiger charge is -2.24. The van der Waals surface area contributed by atoms with Gasteiger partial charge in [-0.05, 0) is 56.2 Å². The van der Waals surface area contributed by atoms with E-state index in [1.165, 1.54) is 0 Å². The van der Waals surface area contributed by atoms with Gasteiger partial charge in [-0.3, -0.25) is 10.2 Å². The number of aryl methyl sites for hydroxylation is 3. The van der Waals surface area contributed by atoms with E-state index in [0.717, 1.165) is 28.1 Å². The normalized spacial score (nSPS) is 11.0. The molecule has 3 rings (SSSR count). The number of anilines is 2. The lowest BCUT2D eigenvalue weighted by molar-refractivity contribution is 0.493. The molecule has 0 aromatic heterocycles. The van der Waals surface area contributed by atoms with Crippen molar-refractivity contribution < 1.29 is 9.09 Å². The van der Waals surface area contributed by atoms with Gasteiger partial charge < -0.3 is 4.52 Å². The van der Waals surface area contributed by atoms with Gasteiger partial charge >= 0.3 is 7.67 Å². The third-order valence-electron chi connectivity index (χ3n) is 4.08. The van der Waals surface area contributed by atoms with E-state index in [-0.39, 0.29) is 0 Å². The van der Waals surface area contributed by atoms with Crippen molar-refractivity contribution in [1.29, 1.82) is 0 Å². The Bertz CT molecular complexity index is 887. The second-order valence-electron chi connectivity index (χ2n) is 6.31. The molecule has 134 valence electrons. The van der Waals surface area contributed by atoms with Gasteiger partial charge in [0.25, 0.3) is 0 Å². The Labute approximate surface area is 154 Å². The Balaban J connectivity index is 1.94. The minimum atomic E-state index is -3.45. The van der Waals surface area contributed by atoms with Crippen molar-refractivity contribution in [3.05, 3.63) is 89.5 Å². The maximum Gasteiger partial charge on any atom is 0.444 e. The Morgan fingerprint density at radius 2 is 1.15 bits per heavy atom. The van der Waals surface area contributed by atoms with Crippen LogP contribution in [-0.4, -0.2) is 0 Å². The number of hydrogen-bond donors (Lipinski definition) is 2. The Morgan fingerprint density at radius 3 is 1.62 bits per heavy atom. The molecule has 0 bridgehead atoms. The fraction of sp³-hybridized carbons (Fsp3) is 0.143. The lowest BCUT2D eigenvalue weighted by atomic mass is 10.2. The molecular weight excluding hydrogens is 343 g/mol. The van der Waals surface area contributed by atoms with E-state index in [1.807, 2.05) is 93.6 Å². The van der Waals surface area contributed by atoms with Crippen molar-refractivity contribution in [3.8, 4) is 5.75 Å². The zero-order valence-corrected chi connectivity index (χ0v) is 16.1. The molecule has 0 fully saturated rings. The Hall–Kier alpha value is -2.71. The fourth-order valence-electron chi connectivity index (χ4n) is 2.53. The zero-order chi connectivity index (χ0) is 18.6. The highest BCUT2D eigenvalue weighted by Crippen LogP contribution is 2.48. The topological polar surface area (TPSA) is 50.4 Å². The first-order valence-electron chi connectivity index (χ1n) is 8.49. The maximum atomic E-state index is 13.7. The highest BCUT2D eigenvalue weighted by molar-refractivity contribution is 7.62. The van der Waals surface area contributed by atoms with Crippen molar-refractivity contribution >= 4 is 19.0 Å². The summed E-state index contributed by atoms with van der Waals surface area (Å²) in [5.74, 6) is 0.543. The van der Waals surface area contributed by atoms with Crippen molar-refractivity contribution in [1.82, 2.24) is 0 Å². The number of rotatable bonds is 6. The van der Waals surface area contributed by atoms with Crippen LogP contribution in [0.3, 0.4) is 0 Å². The average molecular weight is 366 g/mol. The predicted octanol–water partition coefficient (Wildman–Crippen LogP) is 6.32. The standard InChI is InChI=1S/C21H23N2O2P/c1-16-12-14-19(15-13-16)25-26(24,22-20-10-6-4-8-17(20)2)23-21-11-7-5-9-18(21)3/h4-15H,1-3H3,(H2,22,23,24). The van der Waals surface area contributed by atoms with Crippen LogP contribution in [0.1, 0.15) is 16.7 Å². The highest BCUT2D eigenvalue weighted by Gasteiger charge is 2.26. The molecular formula is C21H23N2O2P. The summed E-state index contributed by atoms with van der Waals surface area (Å²) in [7, 11) is -3.45. The first-order valence-corrected chi connectivity index (χ1v) is 10.1. The van der Waals surface area contributed by atoms with E-state index in [0.29, 0.717) is 5.75 Å². The van der Waals surface area contributed by atoms with E-state index < -0.39 is 7.67 Å². The monoisotopic (exact) mass is 366 g/mol. The second kappa shape index (κ2) is 7.67. The molecule has 5 heteroatoms. The van der Waals surface area contributed by atoms with E-state index in [2.05, 4.69) is 10.2 Å². The van der Waals surface area contributed by atoms with Crippen molar-refractivity contribution in [3.63, 3.8) is 0 Å². The van der Waals surface area contributed by atoms with Crippen LogP contribution in [0.15, 0.2) is 72.8 Å². The first kappa shape index (κ1) is 18.1. The largest absolute Gasteiger partial charge is 0.444 e. The summed E-state index contributed by atoms with van der Waals surface area (Å²) >= 11 is 0. The van der Waals surface area contributed by atoms with Gasteiger partial charge in [0, 0.05) is 11.4 Å². The van der Waals surface area contributed by atoms with Gasteiger partial charge in [0.05, 0.1) is 0 Å². The molecule has 0 aliphatic heterocycles. The quantitative estimate of drug-likeness (QED) is 0.501. The zero-order valence-electron chi connectivity index (χ0n) is 15.2. The molecule has 0 saturated heterocycles. The number of nitrogens with one attached hydrogen (secondary N) is 2. The van der Waals surface area contributed by atoms with Crippen molar-refractivity contribution in [2.75, 3.05) is 10.2 Å². The van der Waals surface area contributed by atoms with Crippen LogP contribution in [0.2, 0.25) is 0 Å². The van der Waals surface area contributed by atoms with Crippen LogP contribution < -0.4 is 14.7 Å². The third-order valence-corrected chi connectivity index (χ3v) is 5.62. The molecule has 0 radical (unpaired) electrons. The van der Waals surface area contributed by atoms with Crippen LogP contribution >= 0.6 is 7.67 Å². The summed E-state index contributed by atoms with van der Waals surface area (Å²) < 4.78 is 19.6. The highest BCUT2D eigenvalue weighted by atomic mass is 31.2. The van der Waals surface area contributed by atoms with E-state index in [9.17, 15) is 4.57 Å². The number of hydrogen-bond acceptors (Lipinski definition) is 2. The maximum absolute atomic E-state index is 13.7. The van der Waals surface area contributed by atoms with Crippen molar-refractivity contribution in [2.45, 2.75) is 20.8 Å². The molecule has 0 saturated carbocycles. The molecule has 2 N–H and O–H groups in total. The number of benzene rings is 3. The van der Waals surface area contributed by atoms with Gasteiger partial charge in [0.2, 0.25) is 0 Å². The molecule has 0 aliphatic rings. The van der Waals surface area contributed by atoms with Gasteiger partial charge in [0.15, 0.2) is 0 Å². The third kappa shape index (κ3) is 4.47. The SMILES string of the molecule is Cc1ccc(OP(=O)(Nc2ccccc2C)Nc2ccccc2C)cc1. The fourth-order valence-corrected chi connectivity index (χ4v) is 4.24. The van der Waals surface area contributed by atoms with Gasteiger partial charge in [-0.25, -0.2) is 4.57 Å². The minimum absolute atomic E-state index is 0.543. The molecule has 0 aliphatic carbocycles. The molecule has 3 aromatic carbocycles.